The Morgan fingerprint density at radius 2 is 1.86 bits per heavy atom. The second-order valence-electron chi connectivity index (χ2n) is 5.94. The highest BCUT2D eigenvalue weighted by Gasteiger charge is 2.40. The van der Waals surface area contributed by atoms with E-state index in [1.807, 2.05) is 0 Å². The number of hydrogen-bond donors (Lipinski definition) is 0. The fourth-order valence-corrected chi connectivity index (χ4v) is 6.46. The first-order chi connectivity index (χ1) is 10.00. The van der Waals surface area contributed by atoms with E-state index in [0.29, 0.717) is 17.5 Å². The summed E-state index contributed by atoms with van der Waals surface area (Å²) in [5.41, 5.74) is 0. The molecular weight excluding hydrogens is 374 g/mol. The average molecular weight is 393 g/mol. The zero-order valence-corrected chi connectivity index (χ0v) is 14.9. The molecule has 1 heterocycles. The molecule has 2 aliphatic rings. The van der Waals surface area contributed by atoms with Crippen LogP contribution >= 0.6 is 27.5 Å². The molecule has 0 spiro atoms. The molecule has 3 rings (SSSR count). The Hall–Kier alpha value is -0.100. The van der Waals surface area contributed by atoms with Gasteiger partial charge in [0.1, 0.15) is 4.90 Å². The Labute approximate surface area is 139 Å². The second kappa shape index (κ2) is 6.19. The second-order valence-corrected chi connectivity index (χ2v) is 9.13. The normalized spacial score (nSPS) is 24.8. The molecular formula is C15H19BrClNO2S. The molecule has 6 heteroatoms. The van der Waals surface area contributed by atoms with Crippen LogP contribution in [0.25, 0.3) is 0 Å². The summed E-state index contributed by atoms with van der Waals surface area (Å²) in [4.78, 5) is 0.234. The highest BCUT2D eigenvalue weighted by Crippen LogP contribution is 2.39. The van der Waals surface area contributed by atoms with Crippen molar-refractivity contribution >= 4 is 37.6 Å². The number of rotatable bonds is 3. The number of hydrogen-bond acceptors (Lipinski definition) is 2. The first-order valence-electron chi connectivity index (χ1n) is 7.47. The third-order valence-electron chi connectivity index (χ3n) is 4.67. The average Bonchev–Trinajstić information content (AvgIpc) is 3.09. The SMILES string of the molecule is O=S(=O)(c1ccc(Br)cc1Cl)N1CCCC1C1CCCC1. The quantitative estimate of drug-likeness (QED) is 0.762. The standard InChI is InChI=1S/C15H19BrClNO2S/c16-12-7-8-15(13(17)10-12)21(19,20)18-9-3-6-14(18)11-4-1-2-5-11/h7-8,10-11,14H,1-6,9H2. The van der Waals surface area contributed by atoms with Gasteiger partial charge in [0.05, 0.1) is 5.02 Å². The lowest BCUT2D eigenvalue weighted by Gasteiger charge is -2.29. The van der Waals surface area contributed by atoms with Crippen molar-refractivity contribution in [2.75, 3.05) is 6.54 Å². The van der Waals surface area contributed by atoms with Crippen molar-refractivity contribution in [3.05, 3.63) is 27.7 Å². The van der Waals surface area contributed by atoms with Crippen molar-refractivity contribution in [2.24, 2.45) is 5.92 Å². The molecule has 0 amide bonds. The van der Waals surface area contributed by atoms with Gasteiger partial charge in [-0.3, -0.25) is 0 Å². The number of sulfonamides is 1. The van der Waals surface area contributed by atoms with Crippen LogP contribution in [0.15, 0.2) is 27.6 Å². The summed E-state index contributed by atoms with van der Waals surface area (Å²) in [6, 6.07) is 5.15. The van der Waals surface area contributed by atoms with Crippen LogP contribution in [-0.2, 0) is 10.0 Å². The molecule has 0 N–H and O–H groups in total. The smallest absolute Gasteiger partial charge is 0.207 e. The van der Waals surface area contributed by atoms with Crippen LogP contribution in [0.1, 0.15) is 38.5 Å². The largest absolute Gasteiger partial charge is 0.244 e. The van der Waals surface area contributed by atoms with E-state index >= 15 is 0 Å². The summed E-state index contributed by atoms with van der Waals surface area (Å²) in [5, 5.41) is 0.293. The minimum Gasteiger partial charge on any atom is -0.207 e. The fraction of sp³-hybridized carbons (Fsp3) is 0.600. The van der Waals surface area contributed by atoms with E-state index in [1.54, 1.807) is 22.5 Å². The van der Waals surface area contributed by atoms with Crippen molar-refractivity contribution < 1.29 is 8.42 Å². The van der Waals surface area contributed by atoms with Gasteiger partial charge in [-0.15, -0.1) is 0 Å². The van der Waals surface area contributed by atoms with Crippen molar-refractivity contribution in [2.45, 2.75) is 49.5 Å². The minimum absolute atomic E-state index is 0.164. The highest BCUT2D eigenvalue weighted by molar-refractivity contribution is 9.10. The molecule has 1 saturated carbocycles. The van der Waals surface area contributed by atoms with Gasteiger partial charge < -0.3 is 0 Å². The van der Waals surface area contributed by atoms with Crippen molar-refractivity contribution in [3.8, 4) is 0 Å². The van der Waals surface area contributed by atoms with Crippen molar-refractivity contribution in [1.29, 1.82) is 0 Å². The summed E-state index contributed by atoms with van der Waals surface area (Å²) in [6.07, 6.45) is 6.71. The van der Waals surface area contributed by atoms with Crippen LogP contribution in [0.3, 0.4) is 0 Å². The lowest BCUT2D eigenvalue weighted by atomic mass is 9.97. The Kier molecular flexibility index (Phi) is 4.65. The Morgan fingerprint density at radius 1 is 1.14 bits per heavy atom. The van der Waals surface area contributed by atoms with E-state index in [9.17, 15) is 8.42 Å². The lowest BCUT2D eigenvalue weighted by molar-refractivity contribution is 0.288. The highest BCUT2D eigenvalue weighted by atomic mass is 79.9. The van der Waals surface area contributed by atoms with Gasteiger partial charge in [0.2, 0.25) is 10.0 Å². The summed E-state index contributed by atoms with van der Waals surface area (Å²) in [7, 11) is -3.49. The van der Waals surface area contributed by atoms with E-state index in [2.05, 4.69) is 15.9 Å². The van der Waals surface area contributed by atoms with Crippen LogP contribution in [0.2, 0.25) is 5.02 Å². The summed E-state index contributed by atoms with van der Waals surface area (Å²) < 4.78 is 28.4. The molecule has 0 bridgehead atoms. The Bertz CT molecular complexity index is 629. The van der Waals surface area contributed by atoms with Crippen LogP contribution in [0.5, 0.6) is 0 Å². The summed E-state index contributed by atoms with van der Waals surface area (Å²) in [6.45, 7) is 0.621. The maximum atomic E-state index is 13.0. The van der Waals surface area contributed by atoms with E-state index in [4.69, 9.17) is 11.6 Å². The van der Waals surface area contributed by atoms with Crippen LogP contribution in [0.4, 0.5) is 0 Å². The topological polar surface area (TPSA) is 37.4 Å². The zero-order valence-electron chi connectivity index (χ0n) is 11.8. The molecule has 116 valence electrons. The van der Waals surface area contributed by atoms with Crippen LogP contribution in [0, 0.1) is 5.92 Å². The third-order valence-corrected chi connectivity index (χ3v) is 7.57. The Morgan fingerprint density at radius 3 is 2.52 bits per heavy atom. The van der Waals surface area contributed by atoms with Gasteiger partial charge in [-0.25, -0.2) is 8.42 Å². The van der Waals surface area contributed by atoms with Crippen LogP contribution in [-0.4, -0.2) is 25.3 Å². The number of benzene rings is 1. The predicted molar refractivity (Wildman–Crippen MR) is 88.0 cm³/mol. The molecule has 2 fully saturated rings. The van der Waals surface area contributed by atoms with Gasteiger partial charge in [0.25, 0.3) is 0 Å². The fourth-order valence-electron chi connectivity index (χ4n) is 3.69. The molecule has 21 heavy (non-hydrogen) atoms. The molecule has 1 aliphatic carbocycles. The van der Waals surface area contributed by atoms with E-state index < -0.39 is 10.0 Å². The first kappa shape index (κ1) is 15.8. The maximum absolute atomic E-state index is 13.0. The number of nitrogens with zero attached hydrogens (tertiary/aromatic N) is 1. The first-order valence-corrected chi connectivity index (χ1v) is 10.1. The van der Waals surface area contributed by atoms with Gasteiger partial charge in [-0.1, -0.05) is 40.4 Å². The lowest BCUT2D eigenvalue weighted by Crippen LogP contribution is -2.39. The van der Waals surface area contributed by atoms with Crippen LogP contribution < -0.4 is 0 Å². The van der Waals surface area contributed by atoms with E-state index in [-0.39, 0.29) is 10.9 Å². The summed E-state index contributed by atoms with van der Waals surface area (Å²) >= 11 is 9.48. The third kappa shape index (κ3) is 3.03. The van der Waals surface area contributed by atoms with Crippen molar-refractivity contribution in [1.82, 2.24) is 4.31 Å². The van der Waals surface area contributed by atoms with E-state index in [0.717, 1.165) is 30.2 Å². The van der Waals surface area contributed by atoms with Gasteiger partial charge in [0.15, 0.2) is 0 Å². The predicted octanol–water partition coefficient (Wildman–Crippen LogP) is 4.45. The van der Waals surface area contributed by atoms with Gasteiger partial charge in [-0.05, 0) is 49.8 Å². The molecule has 0 radical (unpaired) electrons. The molecule has 0 aromatic heterocycles. The molecule has 1 aromatic carbocycles. The molecule has 1 unspecified atom stereocenters. The number of halogens is 2. The van der Waals surface area contributed by atoms with Crippen molar-refractivity contribution in [3.63, 3.8) is 0 Å². The molecule has 1 atom stereocenters. The van der Waals surface area contributed by atoms with E-state index in [1.165, 1.54) is 12.8 Å². The minimum atomic E-state index is -3.49. The molecule has 1 saturated heterocycles. The Balaban J connectivity index is 1.93. The van der Waals surface area contributed by atoms with Gasteiger partial charge >= 0.3 is 0 Å². The molecule has 1 aliphatic heterocycles. The maximum Gasteiger partial charge on any atom is 0.244 e. The van der Waals surface area contributed by atoms with Gasteiger partial charge in [0, 0.05) is 17.1 Å². The molecule has 3 nitrogen and oxygen atoms in total. The van der Waals surface area contributed by atoms with Gasteiger partial charge in [-0.2, -0.15) is 4.31 Å². The zero-order chi connectivity index (χ0) is 15.0. The summed E-state index contributed by atoms with van der Waals surface area (Å²) in [5.74, 6) is 0.525. The monoisotopic (exact) mass is 391 g/mol. The molecule has 1 aromatic rings.